The molecule has 296 valence electrons. The van der Waals surface area contributed by atoms with Crippen LogP contribution < -0.4 is 20.3 Å². The zero-order valence-electron chi connectivity index (χ0n) is 31.2. The highest BCUT2D eigenvalue weighted by Crippen LogP contribution is 2.37. The number of nitrogens with one attached hydrogen (secondary N) is 2. The average molecular weight is 816 g/mol. The Kier molecular flexibility index (Phi) is 11.3. The summed E-state index contributed by atoms with van der Waals surface area (Å²) >= 11 is 7.89. The first-order valence-corrected chi connectivity index (χ1v) is 19.3. The van der Waals surface area contributed by atoms with E-state index < -0.39 is 29.2 Å². The monoisotopic (exact) mass is 815 g/mol. The van der Waals surface area contributed by atoms with Gasteiger partial charge >= 0.3 is 18.0 Å². The number of carbonyl (C=O) groups excluding carboxylic acids is 3. The maximum absolute atomic E-state index is 14.1. The molecule has 3 aliphatic rings. The predicted octanol–water partition coefficient (Wildman–Crippen LogP) is 5.71. The molecule has 2 atom stereocenters. The second-order valence-corrected chi connectivity index (χ2v) is 15.7. The number of aliphatic imine (C=N–C) groups is 1. The van der Waals surface area contributed by atoms with E-state index in [4.69, 9.17) is 26.1 Å². The van der Waals surface area contributed by atoms with Gasteiger partial charge in [-0.2, -0.15) is 0 Å². The van der Waals surface area contributed by atoms with Crippen LogP contribution >= 0.6 is 22.9 Å². The molecule has 0 saturated carbocycles. The van der Waals surface area contributed by atoms with Crippen molar-refractivity contribution in [1.82, 2.24) is 25.4 Å². The number of hydrogen-bond acceptors (Lipinski definition) is 11. The molecule has 2 saturated heterocycles. The molecule has 14 nitrogen and oxygen atoms in total. The van der Waals surface area contributed by atoms with E-state index in [0.717, 1.165) is 0 Å². The van der Waals surface area contributed by atoms with Crippen LogP contribution in [-0.2, 0) is 14.3 Å². The van der Waals surface area contributed by atoms with Crippen LogP contribution in [0.5, 0.6) is 11.5 Å². The first-order chi connectivity index (χ1) is 27.3. The Morgan fingerprint density at radius 3 is 2.42 bits per heavy atom. The van der Waals surface area contributed by atoms with Gasteiger partial charge < -0.3 is 30.1 Å². The number of methoxy groups -OCH3 is 1. The number of amides is 3. The second-order valence-electron chi connectivity index (χ2n) is 14.4. The van der Waals surface area contributed by atoms with Crippen molar-refractivity contribution in [3.05, 3.63) is 117 Å². The number of thiazole rings is 1. The zero-order chi connectivity index (χ0) is 40.4. The lowest BCUT2D eigenvalue weighted by molar-refractivity contribution is -0.146. The minimum Gasteiger partial charge on any atom is -0.481 e. The molecule has 3 aliphatic heterocycles. The van der Waals surface area contributed by atoms with Gasteiger partial charge in [0.05, 0.1) is 24.1 Å². The smallest absolute Gasteiger partial charge is 0.338 e. The summed E-state index contributed by atoms with van der Waals surface area (Å²) in [4.78, 5) is 65.9. The van der Waals surface area contributed by atoms with E-state index in [1.54, 1.807) is 47.5 Å². The standard InChI is InChI=1S/C40H39ClFN7O7S/c1-40(2,38(52)53)22-44-35(50)23-4-9-27(10-5-23)56-28-11-7-25(8-12-28)49-20-26-19-47(15-16-48(26)39(49)54)21-31-32(37(51)55-3)33(29-13-6-24(42)18-30(29)41)46-34(45-31)36-43-14-17-57-36/h4-14,17-18,26,33H,15-16,19-22H2,1-3H3,(H,44,50)(H,45,46)(H,52,53). The van der Waals surface area contributed by atoms with E-state index in [2.05, 4.69) is 20.5 Å². The maximum atomic E-state index is 14.1. The SMILES string of the molecule is COC(=O)C1=C(CN2CCN3C(=O)N(c4ccc(Oc5ccc(C(=O)NCC(C)(C)C(=O)O)cc5)cc4)CC3C2)NC(c2nccs2)=NC1c1ccc(F)cc1Cl. The molecule has 0 spiro atoms. The highest BCUT2D eigenvalue weighted by Gasteiger charge is 2.42. The number of ether oxygens (including phenoxy) is 2. The third-order valence-corrected chi connectivity index (χ3v) is 11.1. The minimum atomic E-state index is -1.10. The fourth-order valence-corrected chi connectivity index (χ4v) is 7.66. The topological polar surface area (TPSA) is 166 Å². The van der Waals surface area contributed by atoms with Crippen LogP contribution in [0.1, 0.15) is 40.8 Å². The van der Waals surface area contributed by atoms with Gasteiger partial charge in [0, 0.05) is 78.4 Å². The van der Waals surface area contributed by atoms with Gasteiger partial charge in [0.25, 0.3) is 5.91 Å². The Hall–Kier alpha value is -5.84. The summed E-state index contributed by atoms with van der Waals surface area (Å²) < 4.78 is 25.3. The molecule has 0 aliphatic carbocycles. The Bertz CT molecular complexity index is 2250. The number of nitrogens with zero attached hydrogens (tertiary/aromatic N) is 5. The molecule has 4 aromatic rings. The average Bonchev–Trinajstić information content (AvgIpc) is 3.85. The van der Waals surface area contributed by atoms with Crippen molar-refractivity contribution >= 4 is 58.3 Å². The Balaban J connectivity index is 1.02. The van der Waals surface area contributed by atoms with Crippen LogP contribution in [-0.4, -0.2) is 102 Å². The minimum absolute atomic E-state index is 0.0168. The van der Waals surface area contributed by atoms with Crippen LogP contribution in [0.25, 0.3) is 0 Å². The van der Waals surface area contributed by atoms with Gasteiger partial charge in [-0.05, 0) is 74.5 Å². The number of halogens is 2. The number of anilines is 1. The number of urea groups is 1. The molecule has 0 bridgehead atoms. The zero-order valence-corrected chi connectivity index (χ0v) is 32.8. The first kappa shape index (κ1) is 39.4. The van der Waals surface area contributed by atoms with E-state index in [9.17, 15) is 28.7 Å². The molecule has 3 aromatic carbocycles. The van der Waals surface area contributed by atoms with Crippen molar-refractivity contribution in [2.75, 3.05) is 51.3 Å². The maximum Gasteiger partial charge on any atom is 0.338 e. The summed E-state index contributed by atoms with van der Waals surface area (Å²) in [5, 5.41) is 17.8. The van der Waals surface area contributed by atoms with Crippen molar-refractivity contribution in [3.63, 3.8) is 0 Å². The van der Waals surface area contributed by atoms with Crippen molar-refractivity contribution in [3.8, 4) is 11.5 Å². The molecule has 17 heteroatoms. The Morgan fingerprint density at radius 1 is 1.05 bits per heavy atom. The lowest BCUT2D eigenvalue weighted by Gasteiger charge is -2.38. The Labute approximate surface area is 336 Å². The molecule has 2 unspecified atom stereocenters. The molecular weight excluding hydrogens is 777 g/mol. The summed E-state index contributed by atoms with van der Waals surface area (Å²) in [6.07, 6.45) is 1.66. The number of carboxylic acid groups (broad SMARTS) is 1. The van der Waals surface area contributed by atoms with E-state index in [0.29, 0.717) is 77.6 Å². The van der Waals surface area contributed by atoms with Crippen molar-refractivity contribution < 1.29 is 38.1 Å². The molecule has 3 N–H and O–H groups in total. The van der Waals surface area contributed by atoms with Crippen LogP contribution in [0.3, 0.4) is 0 Å². The molecule has 7 rings (SSSR count). The lowest BCUT2D eigenvalue weighted by atomic mass is 9.94. The van der Waals surface area contributed by atoms with Crippen molar-refractivity contribution in [2.45, 2.75) is 25.9 Å². The number of amidine groups is 1. The number of aliphatic carboxylic acids is 1. The third-order valence-electron chi connectivity index (χ3n) is 10.0. The quantitative estimate of drug-likeness (QED) is 0.151. The fourth-order valence-electron chi connectivity index (χ4n) is 6.81. The fraction of sp³-hybridized carbons (Fsp3) is 0.300. The highest BCUT2D eigenvalue weighted by atomic mass is 35.5. The van der Waals surface area contributed by atoms with Gasteiger partial charge in [-0.1, -0.05) is 17.7 Å². The van der Waals surface area contributed by atoms with Gasteiger partial charge in [0.15, 0.2) is 10.8 Å². The molecular formula is C40H39ClFN7O7S. The summed E-state index contributed by atoms with van der Waals surface area (Å²) in [6.45, 7) is 5.34. The summed E-state index contributed by atoms with van der Waals surface area (Å²) in [6, 6.07) is 16.5. The predicted molar refractivity (Wildman–Crippen MR) is 211 cm³/mol. The molecule has 1 aromatic heterocycles. The van der Waals surface area contributed by atoms with Gasteiger partial charge in [-0.15, -0.1) is 11.3 Å². The number of carboxylic acids is 1. The van der Waals surface area contributed by atoms with Crippen LogP contribution in [0.15, 0.2) is 94.6 Å². The summed E-state index contributed by atoms with van der Waals surface area (Å²) in [7, 11) is 1.29. The number of aromatic nitrogens is 1. The number of rotatable bonds is 12. The lowest BCUT2D eigenvalue weighted by Crippen LogP contribution is -2.53. The summed E-state index contributed by atoms with van der Waals surface area (Å²) in [5.41, 5.74) is 1.22. The number of fused-ring (bicyclic) bond motifs is 1. The highest BCUT2D eigenvalue weighted by molar-refractivity contribution is 7.11. The van der Waals surface area contributed by atoms with E-state index in [1.807, 2.05) is 22.4 Å². The molecule has 0 radical (unpaired) electrons. The number of piperazine rings is 1. The van der Waals surface area contributed by atoms with Crippen LogP contribution in [0, 0.1) is 11.2 Å². The first-order valence-electron chi connectivity index (χ1n) is 18.0. The van der Waals surface area contributed by atoms with Gasteiger partial charge in [-0.3, -0.25) is 24.4 Å². The van der Waals surface area contributed by atoms with Crippen LogP contribution in [0.4, 0.5) is 14.9 Å². The number of hydrogen-bond donors (Lipinski definition) is 3. The van der Waals surface area contributed by atoms with Crippen molar-refractivity contribution in [2.24, 2.45) is 10.4 Å². The number of benzene rings is 3. The van der Waals surface area contributed by atoms with E-state index in [1.165, 1.54) is 50.5 Å². The van der Waals surface area contributed by atoms with Gasteiger partial charge in [-0.25, -0.2) is 19.0 Å². The molecule has 3 amide bonds. The second kappa shape index (κ2) is 16.3. The largest absolute Gasteiger partial charge is 0.481 e. The third kappa shape index (κ3) is 8.48. The van der Waals surface area contributed by atoms with E-state index in [-0.39, 0.29) is 35.1 Å². The number of esters is 1. The molecule has 57 heavy (non-hydrogen) atoms. The molecule has 2 fully saturated rings. The van der Waals surface area contributed by atoms with E-state index >= 15 is 0 Å². The van der Waals surface area contributed by atoms with Crippen LogP contribution in [0.2, 0.25) is 5.02 Å². The van der Waals surface area contributed by atoms with Gasteiger partial charge in [0.2, 0.25) is 0 Å². The molecule has 4 heterocycles. The van der Waals surface area contributed by atoms with Crippen molar-refractivity contribution in [1.29, 1.82) is 0 Å². The Morgan fingerprint density at radius 2 is 1.77 bits per heavy atom. The normalized spacial score (nSPS) is 18.5. The van der Waals surface area contributed by atoms with Gasteiger partial charge in [0.1, 0.15) is 23.4 Å². The number of carbonyl (C=O) groups is 4. The summed E-state index contributed by atoms with van der Waals surface area (Å²) in [5.74, 6) is -1.03.